The number of anilines is 1. The summed E-state index contributed by atoms with van der Waals surface area (Å²) in [6, 6.07) is 4.78. The molecule has 0 radical (unpaired) electrons. The number of nitrogens with two attached hydrogens (primary N) is 1. The third kappa shape index (κ3) is 3.70. The smallest absolute Gasteiger partial charge is 0.241 e. The largest absolute Gasteiger partial charge is 0.399 e. The van der Waals surface area contributed by atoms with Crippen LogP contribution in [0.3, 0.4) is 0 Å². The Bertz CT molecular complexity index is 560. The molecule has 1 aromatic carbocycles. The van der Waals surface area contributed by atoms with Crippen molar-refractivity contribution in [3.63, 3.8) is 0 Å². The Labute approximate surface area is 122 Å². The van der Waals surface area contributed by atoms with E-state index >= 15 is 0 Å². The van der Waals surface area contributed by atoms with Crippen LogP contribution in [0.1, 0.15) is 32.6 Å². The topological polar surface area (TPSA) is 72.2 Å². The highest BCUT2D eigenvalue weighted by Gasteiger charge is 2.25. The minimum absolute atomic E-state index is 0.0400. The van der Waals surface area contributed by atoms with E-state index in [0.29, 0.717) is 16.1 Å². The quantitative estimate of drug-likeness (QED) is 0.826. The fourth-order valence-corrected chi connectivity index (χ4v) is 4.94. The second kappa shape index (κ2) is 5.81. The molecule has 0 heterocycles. The summed E-state index contributed by atoms with van der Waals surface area (Å²) in [4.78, 5) is 0.250. The van der Waals surface area contributed by atoms with Gasteiger partial charge in [-0.1, -0.05) is 19.8 Å². The third-order valence-electron chi connectivity index (χ3n) is 3.50. The van der Waals surface area contributed by atoms with Gasteiger partial charge in [0.1, 0.15) is 0 Å². The molecule has 106 valence electrons. The van der Waals surface area contributed by atoms with Crippen molar-refractivity contribution in [2.75, 3.05) is 5.73 Å². The summed E-state index contributed by atoms with van der Waals surface area (Å²) in [7, 11) is -3.48. The second-order valence-electron chi connectivity index (χ2n) is 5.28. The molecule has 0 amide bonds. The lowest BCUT2D eigenvalue weighted by molar-refractivity contribution is 0.327. The lowest BCUT2D eigenvalue weighted by Crippen LogP contribution is -2.38. The lowest BCUT2D eigenvalue weighted by atomic mass is 9.88. The van der Waals surface area contributed by atoms with Crippen LogP contribution >= 0.6 is 15.9 Å². The van der Waals surface area contributed by atoms with Gasteiger partial charge in [-0.05, 0) is 52.9 Å². The fraction of sp³-hybridized carbons (Fsp3) is 0.538. The standard InChI is InChI=1S/C13H19BrN2O2S/c1-9-3-2-4-11(7-9)16-19(17,18)13-6-5-10(15)8-12(13)14/h5-6,8-9,11,16H,2-4,7,15H2,1H3. The van der Waals surface area contributed by atoms with Gasteiger partial charge in [0.15, 0.2) is 0 Å². The number of hydrogen-bond donors (Lipinski definition) is 2. The molecule has 0 spiro atoms. The number of benzene rings is 1. The van der Waals surface area contributed by atoms with Crippen molar-refractivity contribution in [1.82, 2.24) is 4.72 Å². The zero-order chi connectivity index (χ0) is 14.0. The third-order valence-corrected chi connectivity index (χ3v) is 6.00. The summed E-state index contributed by atoms with van der Waals surface area (Å²) in [6.45, 7) is 2.17. The average Bonchev–Trinajstić information content (AvgIpc) is 2.27. The van der Waals surface area contributed by atoms with E-state index in [1.54, 1.807) is 12.1 Å². The highest BCUT2D eigenvalue weighted by atomic mass is 79.9. The molecule has 1 fully saturated rings. The number of nitrogens with one attached hydrogen (secondary N) is 1. The van der Waals surface area contributed by atoms with E-state index in [9.17, 15) is 8.42 Å². The van der Waals surface area contributed by atoms with Crippen molar-refractivity contribution in [3.8, 4) is 0 Å². The van der Waals surface area contributed by atoms with Crippen LogP contribution in [-0.2, 0) is 10.0 Å². The molecule has 0 saturated heterocycles. The van der Waals surface area contributed by atoms with Crippen LogP contribution in [-0.4, -0.2) is 14.5 Å². The van der Waals surface area contributed by atoms with Crippen LogP contribution in [0, 0.1) is 5.92 Å². The molecule has 1 aliphatic carbocycles. The molecule has 1 saturated carbocycles. The Morgan fingerprint density at radius 1 is 1.37 bits per heavy atom. The number of hydrogen-bond acceptors (Lipinski definition) is 3. The van der Waals surface area contributed by atoms with Gasteiger partial charge in [-0.25, -0.2) is 13.1 Å². The van der Waals surface area contributed by atoms with Gasteiger partial charge >= 0.3 is 0 Å². The second-order valence-corrected chi connectivity index (χ2v) is 7.82. The maximum absolute atomic E-state index is 12.4. The minimum atomic E-state index is -3.48. The van der Waals surface area contributed by atoms with Gasteiger partial charge in [0.2, 0.25) is 10.0 Å². The van der Waals surface area contributed by atoms with Gasteiger partial charge < -0.3 is 5.73 Å². The molecule has 19 heavy (non-hydrogen) atoms. The van der Waals surface area contributed by atoms with Crippen molar-refractivity contribution >= 4 is 31.6 Å². The summed E-state index contributed by atoms with van der Waals surface area (Å²) in [5.41, 5.74) is 6.17. The molecule has 1 aliphatic rings. The monoisotopic (exact) mass is 346 g/mol. The Morgan fingerprint density at radius 2 is 2.11 bits per heavy atom. The maximum atomic E-state index is 12.4. The van der Waals surface area contributed by atoms with E-state index in [0.717, 1.165) is 19.3 Å². The molecule has 2 rings (SSSR count). The molecular weight excluding hydrogens is 328 g/mol. The predicted octanol–water partition coefficient (Wildman–Crippen LogP) is 2.89. The van der Waals surface area contributed by atoms with Crippen LogP contribution in [0.4, 0.5) is 5.69 Å². The number of rotatable bonds is 3. The summed E-state index contributed by atoms with van der Waals surface area (Å²) in [5.74, 6) is 0.580. The maximum Gasteiger partial charge on any atom is 0.241 e. The summed E-state index contributed by atoms with van der Waals surface area (Å²) in [5, 5.41) is 0. The molecule has 3 N–H and O–H groups in total. The average molecular weight is 347 g/mol. The summed E-state index contributed by atoms with van der Waals surface area (Å²) >= 11 is 3.26. The van der Waals surface area contributed by atoms with E-state index in [1.807, 2.05) is 0 Å². The summed E-state index contributed by atoms with van der Waals surface area (Å²) in [6.07, 6.45) is 4.09. The highest BCUT2D eigenvalue weighted by molar-refractivity contribution is 9.10. The number of halogens is 1. The Hall–Kier alpha value is -0.590. The lowest BCUT2D eigenvalue weighted by Gasteiger charge is -2.27. The van der Waals surface area contributed by atoms with Crippen molar-refractivity contribution in [2.45, 2.75) is 43.5 Å². The molecule has 1 aromatic rings. The van der Waals surface area contributed by atoms with Gasteiger partial charge in [0.05, 0.1) is 4.90 Å². The van der Waals surface area contributed by atoms with Crippen molar-refractivity contribution < 1.29 is 8.42 Å². The molecule has 0 aliphatic heterocycles. The molecular formula is C13H19BrN2O2S. The van der Waals surface area contributed by atoms with Crippen molar-refractivity contribution in [1.29, 1.82) is 0 Å². The van der Waals surface area contributed by atoms with E-state index in [2.05, 4.69) is 27.6 Å². The van der Waals surface area contributed by atoms with E-state index in [4.69, 9.17) is 5.73 Å². The van der Waals surface area contributed by atoms with Crippen LogP contribution in [0.25, 0.3) is 0 Å². The van der Waals surface area contributed by atoms with Gasteiger partial charge in [-0.3, -0.25) is 0 Å². The van der Waals surface area contributed by atoms with Crippen LogP contribution < -0.4 is 10.5 Å². The van der Waals surface area contributed by atoms with E-state index < -0.39 is 10.0 Å². The first-order valence-electron chi connectivity index (χ1n) is 6.46. The molecule has 4 nitrogen and oxygen atoms in total. The Morgan fingerprint density at radius 3 is 2.74 bits per heavy atom. The number of nitrogen functional groups attached to an aromatic ring is 1. The van der Waals surface area contributed by atoms with E-state index in [-0.39, 0.29) is 10.9 Å². The van der Waals surface area contributed by atoms with Gasteiger partial charge in [0, 0.05) is 16.2 Å². The van der Waals surface area contributed by atoms with E-state index in [1.165, 1.54) is 12.5 Å². The molecule has 0 bridgehead atoms. The summed E-state index contributed by atoms with van der Waals surface area (Å²) < 4.78 is 28.0. The highest BCUT2D eigenvalue weighted by Crippen LogP contribution is 2.27. The Kier molecular flexibility index (Phi) is 4.53. The zero-order valence-electron chi connectivity index (χ0n) is 10.9. The first-order chi connectivity index (χ1) is 8.88. The molecule has 2 unspecified atom stereocenters. The van der Waals surface area contributed by atoms with Gasteiger partial charge in [-0.15, -0.1) is 0 Å². The zero-order valence-corrected chi connectivity index (χ0v) is 13.3. The van der Waals surface area contributed by atoms with Crippen LogP contribution in [0.15, 0.2) is 27.6 Å². The van der Waals surface area contributed by atoms with Crippen molar-refractivity contribution in [3.05, 3.63) is 22.7 Å². The van der Waals surface area contributed by atoms with Crippen LogP contribution in [0.2, 0.25) is 0 Å². The first kappa shape index (κ1) is 14.8. The fourth-order valence-electron chi connectivity index (χ4n) is 2.56. The SMILES string of the molecule is CC1CCCC(NS(=O)(=O)c2ccc(N)cc2Br)C1. The normalized spacial score (nSPS) is 24.3. The first-order valence-corrected chi connectivity index (χ1v) is 8.73. The van der Waals surface area contributed by atoms with Crippen molar-refractivity contribution in [2.24, 2.45) is 5.92 Å². The molecule has 2 atom stereocenters. The predicted molar refractivity (Wildman–Crippen MR) is 80.3 cm³/mol. The number of sulfonamides is 1. The molecule has 6 heteroatoms. The Balaban J connectivity index is 2.18. The van der Waals surface area contributed by atoms with Gasteiger partial charge in [0.25, 0.3) is 0 Å². The van der Waals surface area contributed by atoms with Gasteiger partial charge in [-0.2, -0.15) is 0 Å². The molecule has 0 aromatic heterocycles. The minimum Gasteiger partial charge on any atom is -0.399 e. The van der Waals surface area contributed by atoms with Crippen LogP contribution in [0.5, 0.6) is 0 Å².